The van der Waals surface area contributed by atoms with Gasteiger partial charge in [0.2, 0.25) is 0 Å². The van der Waals surface area contributed by atoms with Gasteiger partial charge >= 0.3 is 6.09 Å². The second-order valence-electron chi connectivity index (χ2n) is 3.93. The fraction of sp³-hybridized carbons (Fsp3) is 0.0769. The number of rotatable bonds is 3. The van der Waals surface area contributed by atoms with Crippen molar-refractivity contribution in [3.05, 3.63) is 51.2 Å². The van der Waals surface area contributed by atoms with E-state index in [1.807, 2.05) is 18.4 Å². The van der Waals surface area contributed by atoms with Crippen molar-refractivity contribution in [3.8, 4) is 0 Å². The largest absolute Gasteiger partial charge is 0.437 e. The van der Waals surface area contributed by atoms with Gasteiger partial charge in [-0.1, -0.05) is 16.8 Å². The molecule has 104 valence electrons. The molecule has 0 saturated heterocycles. The van der Waals surface area contributed by atoms with Gasteiger partial charge in [-0.05, 0) is 37.3 Å². The van der Waals surface area contributed by atoms with E-state index >= 15 is 0 Å². The summed E-state index contributed by atoms with van der Waals surface area (Å²) in [6.07, 6.45) is -0.720. The molecule has 3 N–H and O–H groups in total. The van der Waals surface area contributed by atoms with Crippen LogP contribution in [0.2, 0.25) is 5.02 Å². The maximum absolute atomic E-state index is 11.5. The van der Waals surface area contributed by atoms with Crippen molar-refractivity contribution in [2.45, 2.75) is 6.92 Å². The molecule has 2 aromatic rings. The number of anilines is 1. The van der Waals surface area contributed by atoms with Crippen LogP contribution < -0.4 is 11.1 Å². The second kappa shape index (κ2) is 6.40. The molecule has 7 heteroatoms. The van der Waals surface area contributed by atoms with Crippen LogP contribution in [0.5, 0.6) is 0 Å². The number of amides is 1. The van der Waals surface area contributed by atoms with Gasteiger partial charge in [0, 0.05) is 26.5 Å². The molecule has 1 amide bonds. The number of nitrogens with two attached hydrogens (primary N) is 1. The van der Waals surface area contributed by atoms with Crippen LogP contribution in [0, 0.1) is 6.92 Å². The van der Waals surface area contributed by atoms with Gasteiger partial charge < -0.3 is 5.73 Å². The van der Waals surface area contributed by atoms with Crippen LogP contribution >= 0.6 is 22.9 Å². The molecule has 0 spiro atoms. The maximum atomic E-state index is 11.5. The Kier molecular flexibility index (Phi) is 4.60. The average Bonchev–Trinajstić information content (AvgIpc) is 2.85. The van der Waals surface area contributed by atoms with E-state index in [1.165, 1.54) is 0 Å². The van der Waals surface area contributed by atoms with E-state index in [4.69, 9.17) is 17.3 Å². The van der Waals surface area contributed by atoms with E-state index in [2.05, 4.69) is 15.3 Å². The first-order valence-electron chi connectivity index (χ1n) is 5.67. The number of nitrogens with zero attached hydrogens (tertiary/aromatic N) is 1. The number of amidine groups is 1. The first-order chi connectivity index (χ1) is 9.54. The fourth-order valence-electron chi connectivity index (χ4n) is 1.40. The van der Waals surface area contributed by atoms with Gasteiger partial charge in [0.15, 0.2) is 5.84 Å². The van der Waals surface area contributed by atoms with Gasteiger partial charge in [-0.15, -0.1) is 11.3 Å². The zero-order chi connectivity index (χ0) is 14.5. The number of hydrogen-bond acceptors (Lipinski definition) is 4. The number of carbonyl (C=O) groups is 1. The second-order valence-corrected chi connectivity index (χ2v) is 5.48. The Bertz CT molecular complexity index is 637. The topological polar surface area (TPSA) is 76.7 Å². The summed E-state index contributed by atoms with van der Waals surface area (Å²) in [5, 5.41) is 8.51. The Morgan fingerprint density at radius 1 is 1.40 bits per heavy atom. The first-order valence-corrected chi connectivity index (χ1v) is 6.93. The third kappa shape index (κ3) is 3.97. The SMILES string of the molecule is Cc1cc(/C(N)=N\OC(=O)Nc2ccc(Cl)cc2)cs1. The van der Waals surface area contributed by atoms with Crippen LogP contribution in [0.4, 0.5) is 10.5 Å². The Hall–Kier alpha value is -2.05. The highest BCUT2D eigenvalue weighted by Gasteiger charge is 2.05. The molecule has 1 heterocycles. The molecule has 0 unspecified atom stereocenters. The van der Waals surface area contributed by atoms with E-state index in [1.54, 1.807) is 35.6 Å². The average molecular weight is 310 g/mol. The Morgan fingerprint density at radius 3 is 2.70 bits per heavy atom. The van der Waals surface area contributed by atoms with E-state index < -0.39 is 6.09 Å². The monoisotopic (exact) mass is 309 g/mol. The smallest absolute Gasteiger partial charge is 0.380 e. The van der Waals surface area contributed by atoms with Gasteiger partial charge in [-0.3, -0.25) is 10.2 Å². The number of oxime groups is 1. The third-order valence-corrected chi connectivity index (χ3v) is 3.46. The first kappa shape index (κ1) is 14.4. The minimum absolute atomic E-state index is 0.153. The lowest BCUT2D eigenvalue weighted by molar-refractivity contribution is 0.166. The molecular formula is C13H12ClN3O2S. The number of thiophene rings is 1. The number of carbonyl (C=O) groups excluding carboxylic acids is 1. The summed E-state index contributed by atoms with van der Waals surface area (Å²) in [6, 6.07) is 8.48. The number of halogens is 1. The van der Waals surface area contributed by atoms with Gasteiger partial charge in [0.25, 0.3) is 0 Å². The fourth-order valence-corrected chi connectivity index (χ4v) is 2.22. The minimum Gasteiger partial charge on any atom is -0.380 e. The molecule has 20 heavy (non-hydrogen) atoms. The summed E-state index contributed by atoms with van der Waals surface area (Å²) >= 11 is 7.28. The predicted molar refractivity (Wildman–Crippen MR) is 81.3 cm³/mol. The van der Waals surface area contributed by atoms with Crippen molar-refractivity contribution >= 4 is 40.6 Å². The highest BCUT2D eigenvalue weighted by Crippen LogP contribution is 2.14. The van der Waals surface area contributed by atoms with Gasteiger partial charge in [0.05, 0.1) is 0 Å². The molecular weight excluding hydrogens is 298 g/mol. The van der Waals surface area contributed by atoms with Crippen molar-refractivity contribution in [1.82, 2.24) is 0 Å². The molecule has 0 fully saturated rings. The number of benzene rings is 1. The predicted octanol–water partition coefficient (Wildman–Crippen LogP) is 3.58. The minimum atomic E-state index is -0.720. The van der Waals surface area contributed by atoms with Crippen molar-refractivity contribution in [3.63, 3.8) is 0 Å². The lowest BCUT2D eigenvalue weighted by Crippen LogP contribution is -2.17. The normalized spacial score (nSPS) is 11.2. The van der Waals surface area contributed by atoms with Crippen LogP contribution in [0.1, 0.15) is 10.4 Å². The van der Waals surface area contributed by atoms with Crippen LogP contribution in [0.25, 0.3) is 0 Å². The van der Waals surface area contributed by atoms with Crippen LogP contribution in [0.15, 0.2) is 40.9 Å². The molecule has 2 rings (SSSR count). The van der Waals surface area contributed by atoms with Gasteiger partial charge in [-0.25, -0.2) is 4.79 Å². The van der Waals surface area contributed by atoms with E-state index in [9.17, 15) is 4.79 Å². The van der Waals surface area contributed by atoms with E-state index in [0.29, 0.717) is 10.7 Å². The third-order valence-electron chi connectivity index (χ3n) is 2.34. The van der Waals surface area contributed by atoms with Crippen LogP contribution in [-0.4, -0.2) is 11.9 Å². The van der Waals surface area contributed by atoms with Crippen molar-refractivity contribution in [2.24, 2.45) is 10.9 Å². The van der Waals surface area contributed by atoms with Crippen molar-refractivity contribution in [2.75, 3.05) is 5.32 Å². The molecule has 0 radical (unpaired) electrons. The molecule has 1 aromatic heterocycles. The number of aryl methyl sites for hydroxylation is 1. The van der Waals surface area contributed by atoms with Crippen LogP contribution in [0.3, 0.4) is 0 Å². The molecule has 5 nitrogen and oxygen atoms in total. The summed E-state index contributed by atoms with van der Waals surface area (Å²) in [5.74, 6) is 0.153. The summed E-state index contributed by atoms with van der Waals surface area (Å²) in [7, 11) is 0. The Labute approximate surface area is 125 Å². The zero-order valence-corrected chi connectivity index (χ0v) is 12.2. The zero-order valence-electron chi connectivity index (χ0n) is 10.6. The lowest BCUT2D eigenvalue weighted by atomic mass is 10.3. The summed E-state index contributed by atoms with van der Waals surface area (Å²) in [5.41, 5.74) is 6.99. The highest BCUT2D eigenvalue weighted by atomic mass is 35.5. The van der Waals surface area contributed by atoms with Crippen LogP contribution in [-0.2, 0) is 4.84 Å². The maximum Gasteiger partial charge on any atom is 0.437 e. The Morgan fingerprint density at radius 2 is 2.10 bits per heavy atom. The summed E-state index contributed by atoms with van der Waals surface area (Å²) in [4.78, 5) is 17.3. The lowest BCUT2D eigenvalue weighted by Gasteiger charge is -2.03. The molecule has 0 aliphatic rings. The summed E-state index contributed by atoms with van der Waals surface area (Å²) < 4.78 is 0. The van der Waals surface area contributed by atoms with Gasteiger partial charge in [-0.2, -0.15) is 0 Å². The highest BCUT2D eigenvalue weighted by molar-refractivity contribution is 7.10. The Balaban J connectivity index is 1.93. The molecule has 1 aromatic carbocycles. The quantitative estimate of drug-likeness (QED) is 0.394. The number of hydrogen-bond donors (Lipinski definition) is 2. The molecule has 0 atom stereocenters. The van der Waals surface area contributed by atoms with Crippen molar-refractivity contribution < 1.29 is 9.63 Å². The molecule has 0 bridgehead atoms. The van der Waals surface area contributed by atoms with E-state index in [0.717, 1.165) is 10.4 Å². The number of nitrogens with one attached hydrogen (secondary N) is 1. The van der Waals surface area contributed by atoms with E-state index in [-0.39, 0.29) is 5.84 Å². The van der Waals surface area contributed by atoms with Crippen molar-refractivity contribution in [1.29, 1.82) is 0 Å². The summed E-state index contributed by atoms with van der Waals surface area (Å²) in [6.45, 7) is 1.95. The standard InChI is InChI=1S/C13H12ClN3O2S/c1-8-6-9(7-20-8)12(15)17-19-13(18)16-11-4-2-10(14)3-5-11/h2-7H,1H3,(H2,15,17)(H,16,18). The molecule has 0 aliphatic heterocycles. The molecule has 0 saturated carbocycles. The molecule has 0 aliphatic carbocycles. The van der Waals surface area contributed by atoms with Gasteiger partial charge in [0.1, 0.15) is 0 Å².